The van der Waals surface area contributed by atoms with Crippen molar-refractivity contribution in [3.63, 3.8) is 0 Å². The van der Waals surface area contributed by atoms with Crippen LogP contribution in [0.25, 0.3) is 0 Å². The summed E-state index contributed by atoms with van der Waals surface area (Å²) in [6.45, 7) is 6.07. The highest BCUT2D eigenvalue weighted by Gasteiger charge is 2.15. The molecule has 0 amide bonds. The van der Waals surface area contributed by atoms with E-state index in [9.17, 15) is 10.1 Å². The molecule has 1 aromatic heterocycles. The first-order chi connectivity index (χ1) is 9.52. The van der Waals surface area contributed by atoms with Crippen molar-refractivity contribution >= 4 is 22.7 Å². The fourth-order valence-corrected chi connectivity index (χ4v) is 3.20. The van der Waals surface area contributed by atoms with Crippen LogP contribution in [-0.2, 0) is 6.42 Å². The summed E-state index contributed by atoms with van der Waals surface area (Å²) < 4.78 is 0. The lowest BCUT2D eigenvalue weighted by atomic mass is 10.1. The predicted molar refractivity (Wildman–Crippen MR) is 83.6 cm³/mol. The van der Waals surface area contributed by atoms with Gasteiger partial charge in [0.25, 0.3) is 5.69 Å². The molecular formula is C15H18N2O2S. The van der Waals surface area contributed by atoms with E-state index in [1.54, 1.807) is 17.4 Å². The lowest BCUT2D eigenvalue weighted by Gasteiger charge is -2.15. The van der Waals surface area contributed by atoms with E-state index in [0.717, 1.165) is 11.3 Å². The Hall–Kier alpha value is -1.88. The van der Waals surface area contributed by atoms with Crippen molar-refractivity contribution in [2.24, 2.45) is 0 Å². The van der Waals surface area contributed by atoms with Crippen LogP contribution in [0, 0.1) is 17.0 Å². The minimum Gasteiger partial charge on any atom is -0.377 e. The van der Waals surface area contributed by atoms with Crippen LogP contribution >= 0.6 is 11.3 Å². The van der Waals surface area contributed by atoms with Crippen LogP contribution in [0.15, 0.2) is 29.6 Å². The molecule has 0 aliphatic heterocycles. The zero-order valence-corrected chi connectivity index (χ0v) is 12.7. The monoisotopic (exact) mass is 290 g/mol. The first kappa shape index (κ1) is 14.5. The number of nitro benzene ring substituents is 1. The molecule has 0 bridgehead atoms. The van der Waals surface area contributed by atoms with Gasteiger partial charge in [-0.15, -0.1) is 11.3 Å². The van der Waals surface area contributed by atoms with E-state index < -0.39 is 0 Å². The number of hydrogen-bond acceptors (Lipinski definition) is 4. The van der Waals surface area contributed by atoms with Crippen LogP contribution in [0.3, 0.4) is 0 Å². The molecule has 20 heavy (non-hydrogen) atoms. The van der Waals surface area contributed by atoms with Gasteiger partial charge in [-0.05, 0) is 43.3 Å². The van der Waals surface area contributed by atoms with Crippen molar-refractivity contribution in [3.05, 3.63) is 55.8 Å². The van der Waals surface area contributed by atoms with Crippen molar-refractivity contribution in [2.75, 3.05) is 5.32 Å². The zero-order chi connectivity index (χ0) is 14.7. The summed E-state index contributed by atoms with van der Waals surface area (Å²) in [4.78, 5) is 12.0. The summed E-state index contributed by atoms with van der Waals surface area (Å²) in [6, 6.07) is 7.58. The van der Waals surface area contributed by atoms with Crippen molar-refractivity contribution in [3.8, 4) is 0 Å². The Labute approximate surface area is 122 Å². The van der Waals surface area contributed by atoms with Crippen molar-refractivity contribution in [2.45, 2.75) is 33.2 Å². The average molecular weight is 290 g/mol. The van der Waals surface area contributed by atoms with E-state index in [2.05, 4.69) is 30.6 Å². The summed E-state index contributed by atoms with van der Waals surface area (Å²) in [7, 11) is 0. The Bertz CT molecular complexity index is 622. The number of hydrogen-bond donors (Lipinski definition) is 1. The van der Waals surface area contributed by atoms with Crippen LogP contribution in [0.1, 0.15) is 35.9 Å². The Morgan fingerprint density at radius 2 is 2.15 bits per heavy atom. The van der Waals surface area contributed by atoms with Gasteiger partial charge in [0.15, 0.2) is 0 Å². The molecule has 1 atom stereocenters. The third-order valence-electron chi connectivity index (χ3n) is 3.34. The molecule has 1 heterocycles. The van der Waals surface area contributed by atoms with E-state index in [-0.39, 0.29) is 16.7 Å². The second kappa shape index (κ2) is 6.05. The smallest absolute Gasteiger partial charge is 0.274 e. The molecule has 5 heteroatoms. The second-order valence-corrected chi connectivity index (χ2v) is 5.74. The van der Waals surface area contributed by atoms with Gasteiger partial charge < -0.3 is 5.32 Å². The molecule has 2 aromatic rings. The number of nitrogens with zero attached hydrogens (tertiary/aromatic N) is 1. The van der Waals surface area contributed by atoms with E-state index in [1.165, 1.54) is 10.4 Å². The first-order valence-corrected chi connectivity index (χ1v) is 7.48. The predicted octanol–water partition coefficient (Wildman–Crippen LogP) is 4.70. The first-order valence-electron chi connectivity index (χ1n) is 6.60. The fraction of sp³-hybridized carbons (Fsp3) is 0.333. The maximum atomic E-state index is 11.1. The van der Waals surface area contributed by atoms with Crippen LogP contribution in [0.5, 0.6) is 0 Å². The quantitative estimate of drug-likeness (QED) is 0.641. The van der Waals surface area contributed by atoms with Gasteiger partial charge in [0.05, 0.1) is 11.0 Å². The van der Waals surface area contributed by atoms with Gasteiger partial charge in [0.2, 0.25) is 0 Å². The zero-order valence-electron chi connectivity index (χ0n) is 11.8. The van der Waals surface area contributed by atoms with E-state index in [4.69, 9.17) is 0 Å². The van der Waals surface area contributed by atoms with Gasteiger partial charge >= 0.3 is 0 Å². The molecule has 4 nitrogen and oxygen atoms in total. The molecule has 0 aliphatic carbocycles. The highest BCUT2D eigenvalue weighted by molar-refractivity contribution is 7.10. The summed E-state index contributed by atoms with van der Waals surface area (Å²) >= 11 is 1.70. The highest BCUT2D eigenvalue weighted by atomic mass is 32.1. The van der Waals surface area contributed by atoms with Crippen LogP contribution in [0.2, 0.25) is 0 Å². The Balaban J connectivity index is 2.24. The number of nitro groups is 1. The molecule has 0 aliphatic rings. The van der Waals surface area contributed by atoms with E-state index in [1.807, 2.05) is 19.1 Å². The van der Waals surface area contributed by atoms with Gasteiger partial charge in [-0.2, -0.15) is 0 Å². The minimum absolute atomic E-state index is 0.141. The SMILES string of the molecule is CCc1ccc(NC(C)c2sccc2C)cc1[N+](=O)[O-]. The lowest BCUT2D eigenvalue weighted by Crippen LogP contribution is -2.06. The van der Waals surface area contributed by atoms with Crippen LogP contribution in [0.4, 0.5) is 11.4 Å². The highest BCUT2D eigenvalue weighted by Crippen LogP contribution is 2.29. The molecule has 1 aromatic carbocycles. The fourth-order valence-electron chi connectivity index (χ4n) is 2.27. The maximum Gasteiger partial charge on any atom is 0.274 e. The largest absolute Gasteiger partial charge is 0.377 e. The molecule has 1 N–H and O–H groups in total. The number of benzene rings is 1. The molecule has 0 saturated carbocycles. The molecule has 106 valence electrons. The van der Waals surface area contributed by atoms with Crippen molar-refractivity contribution < 1.29 is 4.92 Å². The molecule has 2 rings (SSSR count). The standard InChI is InChI=1S/C15H18N2O2S/c1-4-12-5-6-13(9-14(12)17(18)19)16-11(3)15-10(2)7-8-20-15/h5-9,11,16H,4H2,1-3H3. The van der Waals surface area contributed by atoms with Gasteiger partial charge in [0, 0.05) is 22.2 Å². The number of rotatable bonds is 5. The summed E-state index contributed by atoms with van der Waals surface area (Å²) in [5.74, 6) is 0. The number of nitrogens with one attached hydrogen (secondary N) is 1. The van der Waals surface area contributed by atoms with Crippen molar-refractivity contribution in [1.29, 1.82) is 0 Å². The van der Waals surface area contributed by atoms with Crippen molar-refractivity contribution in [1.82, 2.24) is 0 Å². The van der Waals surface area contributed by atoms with Gasteiger partial charge in [0.1, 0.15) is 0 Å². The molecule has 0 saturated heterocycles. The Morgan fingerprint density at radius 1 is 1.40 bits per heavy atom. The van der Waals surface area contributed by atoms with E-state index in [0.29, 0.717) is 6.42 Å². The number of thiophene rings is 1. The summed E-state index contributed by atoms with van der Waals surface area (Å²) in [5.41, 5.74) is 2.98. The minimum atomic E-state index is -0.314. The summed E-state index contributed by atoms with van der Waals surface area (Å²) in [6.07, 6.45) is 0.663. The van der Waals surface area contributed by atoms with Gasteiger partial charge in [-0.3, -0.25) is 10.1 Å². The summed E-state index contributed by atoms with van der Waals surface area (Å²) in [5, 5.41) is 16.5. The van der Waals surface area contributed by atoms with Gasteiger partial charge in [-0.1, -0.05) is 13.0 Å². The Kier molecular flexibility index (Phi) is 4.39. The molecular weight excluding hydrogens is 272 g/mol. The molecule has 0 fully saturated rings. The normalized spacial score (nSPS) is 12.2. The third-order valence-corrected chi connectivity index (χ3v) is 4.54. The van der Waals surface area contributed by atoms with Crippen LogP contribution < -0.4 is 5.32 Å². The Morgan fingerprint density at radius 3 is 2.70 bits per heavy atom. The number of aryl methyl sites for hydroxylation is 2. The average Bonchev–Trinajstić information content (AvgIpc) is 2.85. The topological polar surface area (TPSA) is 55.2 Å². The second-order valence-electron chi connectivity index (χ2n) is 4.79. The molecule has 1 unspecified atom stereocenters. The van der Waals surface area contributed by atoms with Crippen LogP contribution in [-0.4, -0.2) is 4.92 Å². The maximum absolute atomic E-state index is 11.1. The number of anilines is 1. The van der Waals surface area contributed by atoms with Gasteiger partial charge in [-0.25, -0.2) is 0 Å². The molecule has 0 radical (unpaired) electrons. The van der Waals surface area contributed by atoms with E-state index >= 15 is 0 Å². The molecule has 0 spiro atoms. The lowest BCUT2D eigenvalue weighted by molar-refractivity contribution is -0.385. The third kappa shape index (κ3) is 2.99.